The molecule has 0 radical (unpaired) electrons. The smallest absolute Gasteiger partial charge is 0.387 e. The lowest BCUT2D eigenvalue weighted by molar-refractivity contribution is -0.120. The van der Waals surface area contributed by atoms with Gasteiger partial charge in [0, 0.05) is 12.2 Å². The lowest BCUT2D eigenvalue weighted by atomic mass is 9.97. The van der Waals surface area contributed by atoms with Crippen LogP contribution in [-0.2, 0) is 4.79 Å². The molecule has 0 aromatic heterocycles. The molecule has 0 spiro atoms. The molecule has 0 saturated carbocycles. The Balaban J connectivity index is 1.93. The van der Waals surface area contributed by atoms with Crippen molar-refractivity contribution in [3.8, 4) is 5.75 Å². The topological polar surface area (TPSA) is 50.4 Å². The van der Waals surface area contributed by atoms with E-state index >= 15 is 0 Å². The van der Waals surface area contributed by atoms with Gasteiger partial charge in [0.25, 0.3) is 0 Å². The lowest BCUT2D eigenvalue weighted by Gasteiger charge is -2.14. The molecule has 4 nitrogen and oxygen atoms in total. The van der Waals surface area contributed by atoms with E-state index in [1.165, 1.54) is 12.1 Å². The summed E-state index contributed by atoms with van der Waals surface area (Å²) in [6, 6.07) is 5.89. The standard InChI is InChI=1S/C13H16F2N2O2/c1-8-6-16-7-11(8)12(18)17-9-2-4-10(5-3-9)19-13(14)15/h2-5,8,11,13,16H,6-7H2,1H3,(H,17,18). The van der Waals surface area contributed by atoms with Crippen LogP contribution in [0, 0.1) is 11.8 Å². The molecular weight excluding hydrogens is 254 g/mol. The van der Waals surface area contributed by atoms with Gasteiger partial charge in [-0.3, -0.25) is 4.79 Å². The zero-order chi connectivity index (χ0) is 13.8. The lowest BCUT2D eigenvalue weighted by Crippen LogP contribution is -2.27. The number of carbonyl (C=O) groups excluding carboxylic acids is 1. The molecule has 1 aliphatic rings. The van der Waals surface area contributed by atoms with E-state index in [0.29, 0.717) is 18.2 Å². The Labute approximate surface area is 110 Å². The molecular formula is C13H16F2N2O2. The first-order valence-corrected chi connectivity index (χ1v) is 6.12. The fourth-order valence-corrected chi connectivity index (χ4v) is 2.12. The van der Waals surface area contributed by atoms with E-state index in [4.69, 9.17) is 0 Å². The fraction of sp³-hybridized carbons (Fsp3) is 0.462. The van der Waals surface area contributed by atoms with Gasteiger partial charge in [0.1, 0.15) is 5.75 Å². The highest BCUT2D eigenvalue weighted by atomic mass is 19.3. The van der Waals surface area contributed by atoms with Crippen molar-refractivity contribution in [1.82, 2.24) is 5.32 Å². The largest absolute Gasteiger partial charge is 0.435 e. The molecule has 19 heavy (non-hydrogen) atoms. The van der Waals surface area contributed by atoms with Gasteiger partial charge in [-0.25, -0.2) is 0 Å². The molecule has 2 N–H and O–H groups in total. The summed E-state index contributed by atoms with van der Waals surface area (Å²) in [5, 5.41) is 5.93. The van der Waals surface area contributed by atoms with E-state index in [2.05, 4.69) is 15.4 Å². The van der Waals surface area contributed by atoms with Crippen LogP contribution in [0.25, 0.3) is 0 Å². The SMILES string of the molecule is CC1CNCC1C(=O)Nc1ccc(OC(F)F)cc1. The highest BCUT2D eigenvalue weighted by Crippen LogP contribution is 2.21. The van der Waals surface area contributed by atoms with Crippen LogP contribution in [0.1, 0.15) is 6.92 Å². The van der Waals surface area contributed by atoms with Gasteiger partial charge in [-0.1, -0.05) is 6.92 Å². The van der Waals surface area contributed by atoms with Gasteiger partial charge in [-0.2, -0.15) is 8.78 Å². The molecule has 6 heteroatoms. The van der Waals surface area contributed by atoms with Crippen LogP contribution in [0.3, 0.4) is 0 Å². The van der Waals surface area contributed by atoms with E-state index in [1.54, 1.807) is 12.1 Å². The number of halogens is 2. The highest BCUT2D eigenvalue weighted by Gasteiger charge is 2.29. The minimum atomic E-state index is -2.84. The van der Waals surface area contributed by atoms with Crippen molar-refractivity contribution < 1.29 is 18.3 Å². The first-order chi connectivity index (χ1) is 9.06. The molecule has 1 aromatic carbocycles. The number of nitrogens with one attached hydrogen (secondary N) is 2. The van der Waals surface area contributed by atoms with Gasteiger partial charge in [-0.05, 0) is 36.7 Å². The van der Waals surface area contributed by atoms with E-state index in [0.717, 1.165) is 6.54 Å². The van der Waals surface area contributed by atoms with Gasteiger partial charge >= 0.3 is 6.61 Å². The minimum Gasteiger partial charge on any atom is -0.435 e. The maximum atomic E-state index is 12.0. The number of amides is 1. The van der Waals surface area contributed by atoms with Crippen molar-refractivity contribution in [3.63, 3.8) is 0 Å². The molecule has 1 aromatic rings. The quantitative estimate of drug-likeness (QED) is 0.880. The third-order valence-corrected chi connectivity index (χ3v) is 3.20. The molecule has 2 atom stereocenters. The molecule has 1 heterocycles. The Bertz CT molecular complexity index is 437. The number of rotatable bonds is 4. The van der Waals surface area contributed by atoms with Crippen molar-refractivity contribution >= 4 is 11.6 Å². The van der Waals surface area contributed by atoms with Crippen molar-refractivity contribution in [2.75, 3.05) is 18.4 Å². The molecule has 1 fully saturated rings. The molecule has 1 aliphatic heterocycles. The zero-order valence-corrected chi connectivity index (χ0v) is 10.5. The predicted octanol–water partition coefficient (Wildman–Crippen LogP) is 2.08. The summed E-state index contributed by atoms with van der Waals surface area (Å²) in [4.78, 5) is 12.0. The van der Waals surface area contributed by atoms with Gasteiger partial charge in [0.2, 0.25) is 5.91 Å². The second-order valence-corrected chi connectivity index (χ2v) is 4.63. The van der Waals surface area contributed by atoms with Crippen molar-refractivity contribution in [2.24, 2.45) is 11.8 Å². The van der Waals surface area contributed by atoms with E-state index < -0.39 is 6.61 Å². The second kappa shape index (κ2) is 5.97. The molecule has 1 saturated heterocycles. The number of hydrogen-bond donors (Lipinski definition) is 2. The third kappa shape index (κ3) is 3.64. The minimum absolute atomic E-state index is 0.0555. The zero-order valence-electron chi connectivity index (χ0n) is 10.5. The van der Waals surface area contributed by atoms with Crippen LogP contribution >= 0.6 is 0 Å². The Morgan fingerprint density at radius 1 is 1.37 bits per heavy atom. The number of benzene rings is 1. The van der Waals surface area contributed by atoms with Crippen molar-refractivity contribution in [2.45, 2.75) is 13.5 Å². The Morgan fingerprint density at radius 2 is 2.05 bits per heavy atom. The molecule has 104 valence electrons. The van der Waals surface area contributed by atoms with Crippen LogP contribution in [0.2, 0.25) is 0 Å². The molecule has 0 aliphatic carbocycles. The summed E-state index contributed by atoms with van der Waals surface area (Å²) in [5.74, 6) is 0.252. The van der Waals surface area contributed by atoms with Crippen LogP contribution < -0.4 is 15.4 Å². The average Bonchev–Trinajstić information content (AvgIpc) is 2.77. The maximum Gasteiger partial charge on any atom is 0.387 e. The van der Waals surface area contributed by atoms with Crippen molar-refractivity contribution in [3.05, 3.63) is 24.3 Å². The summed E-state index contributed by atoms with van der Waals surface area (Å²) >= 11 is 0. The summed E-state index contributed by atoms with van der Waals surface area (Å²) in [6.07, 6.45) is 0. The molecule has 2 rings (SSSR count). The number of carbonyl (C=O) groups is 1. The van der Waals surface area contributed by atoms with E-state index in [1.807, 2.05) is 6.92 Å². The first kappa shape index (κ1) is 13.7. The predicted molar refractivity (Wildman–Crippen MR) is 67.2 cm³/mol. The van der Waals surface area contributed by atoms with Crippen LogP contribution in [0.4, 0.5) is 14.5 Å². The van der Waals surface area contributed by atoms with Crippen LogP contribution in [-0.4, -0.2) is 25.6 Å². The number of hydrogen-bond acceptors (Lipinski definition) is 3. The number of ether oxygens (including phenoxy) is 1. The van der Waals surface area contributed by atoms with Gasteiger partial charge in [0.15, 0.2) is 0 Å². The van der Waals surface area contributed by atoms with Gasteiger partial charge < -0.3 is 15.4 Å². The molecule has 0 bridgehead atoms. The molecule has 2 unspecified atom stereocenters. The Hall–Kier alpha value is -1.69. The highest BCUT2D eigenvalue weighted by molar-refractivity contribution is 5.93. The summed E-state index contributed by atoms with van der Waals surface area (Å²) < 4.78 is 28.2. The Kier molecular flexibility index (Phi) is 4.31. The van der Waals surface area contributed by atoms with Crippen molar-refractivity contribution in [1.29, 1.82) is 0 Å². The number of anilines is 1. The summed E-state index contributed by atoms with van der Waals surface area (Å²) in [6.45, 7) is 0.675. The second-order valence-electron chi connectivity index (χ2n) is 4.63. The Morgan fingerprint density at radius 3 is 2.58 bits per heavy atom. The van der Waals surface area contributed by atoms with Crippen LogP contribution in [0.5, 0.6) is 5.75 Å². The maximum absolute atomic E-state index is 12.0. The van der Waals surface area contributed by atoms with Gasteiger partial charge in [0.05, 0.1) is 5.92 Å². The monoisotopic (exact) mass is 270 g/mol. The normalized spacial score (nSPS) is 22.5. The summed E-state index contributed by atoms with van der Waals surface area (Å²) in [7, 11) is 0. The average molecular weight is 270 g/mol. The van der Waals surface area contributed by atoms with Crippen LogP contribution in [0.15, 0.2) is 24.3 Å². The van der Waals surface area contributed by atoms with E-state index in [9.17, 15) is 13.6 Å². The third-order valence-electron chi connectivity index (χ3n) is 3.20. The first-order valence-electron chi connectivity index (χ1n) is 6.12. The molecule has 1 amide bonds. The number of alkyl halides is 2. The fourth-order valence-electron chi connectivity index (χ4n) is 2.12. The van der Waals surface area contributed by atoms with E-state index in [-0.39, 0.29) is 17.6 Å². The van der Waals surface area contributed by atoms with Gasteiger partial charge in [-0.15, -0.1) is 0 Å². The summed E-state index contributed by atoms with van der Waals surface area (Å²) in [5.41, 5.74) is 0.575.